The van der Waals surface area contributed by atoms with Crippen molar-refractivity contribution >= 4 is 23.0 Å². The molecule has 1 aromatic carbocycles. The summed E-state index contributed by atoms with van der Waals surface area (Å²) in [5, 5.41) is 6.24. The molecule has 2 aromatic rings. The SMILES string of the molecule is Cc1ccc(C2CCCN2CC(=O)N2CCC(c3ccccc3)=N2)s1. The summed E-state index contributed by atoms with van der Waals surface area (Å²) in [7, 11) is 0. The topological polar surface area (TPSA) is 35.9 Å². The molecule has 4 rings (SSSR count). The number of thiophene rings is 1. The molecule has 0 radical (unpaired) electrons. The molecule has 5 heteroatoms. The molecule has 2 aliphatic rings. The van der Waals surface area contributed by atoms with Crippen molar-refractivity contribution in [3.05, 3.63) is 57.8 Å². The number of carbonyl (C=O) groups is 1. The first-order chi connectivity index (χ1) is 12.2. The molecule has 1 unspecified atom stereocenters. The maximum Gasteiger partial charge on any atom is 0.256 e. The number of hydrogen-bond acceptors (Lipinski definition) is 4. The Hall–Kier alpha value is -1.98. The molecule has 0 spiro atoms. The van der Waals surface area contributed by atoms with Gasteiger partial charge in [-0.25, -0.2) is 5.01 Å². The Morgan fingerprint density at radius 2 is 2.04 bits per heavy atom. The molecule has 1 amide bonds. The summed E-state index contributed by atoms with van der Waals surface area (Å²) in [6, 6.07) is 14.9. The minimum Gasteiger partial charge on any atom is -0.287 e. The largest absolute Gasteiger partial charge is 0.287 e. The van der Waals surface area contributed by atoms with E-state index < -0.39 is 0 Å². The quantitative estimate of drug-likeness (QED) is 0.837. The number of aryl methyl sites for hydroxylation is 1. The van der Waals surface area contributed by atoms with E-state index in [-0.39, 0.29) is 5.91 Å². The van der Waals surface area contributed by atoms with Gasteiger partial charge in [0.05, 0.1) is 18.8 Å². The summed E-state index contributed by atoms with van der Waals surface area (Å²) in [4.78, 5) is 17.8. The van der Waals surface area contributed by atoms with Gasteiger partial charge in [0, 0.05) is 22.2 Å². The third-order valence-electron chi connectivity index (χ3n) is 4.99. The number of amides is 1. The predicted molar refractivity (Wildman–Crippen MR) is 102 cm³/mol. The van der Waals surface area contributed by atoms with Crippen LogP contribution in [0.3, 0.4) is 0 Å². The zero-order valence-corrected chi connectivity index (χ0v) is 15.3. The second-order valence-corrected chi connectivity index (χ2v) is 8.08. The van der Waals surface area contributed by atoms with Crippen LogP contribution in [-0.4, -0.2) is 41.2 Å². The Bertz CT molecular complexity index is 783. The minimum atomic E-state index is 0.117. The highest BCUT2D eigenvalue weighted by atomic mass is 32.1. The van der Waals surface area contributed by atoms with E-state index in [4.69, 9.17) is 0 Å². The molecule has 0 bridgehead atoms. The fraction of sp³-hybridized carbons (Fsp3) is 0.400. The van der Waals surface area contributed by atoms with Crippen molar-refractivity contribution in [1.29, 1.82) is 0 Å². The fourth-order valence-corrected chi connectivity index (χ4v) is 4.74. The molecule has 2 aliphatic heterocycles. The van der Waals surface area contributed by atoms with Crippen molar-refractivity contribution in [2.75, 3.05) is 19.6 Å². The monoisotopic (exact) mass is 353 g/mol. The Morgan fingerprint density at radius 1 is 1.20 bits per heavy atom. The van der Waals surface area contributed by atoms with Crippen molar-refractivity contribution < 1.29 is 4.79 Å². The smallest absolute Gasteiger partial charge is 0.256 e. The summed E-state index contributed by atoms with van der Waals surface area (Å²) < 4.78 is 0. The molecule has 1 aromatic heterocycles. The van der Waals surface area contributed by atoms with Crippen LogP contribution in [0, 0.1) is 6.92 Å². The van der Waals surface area contributed by atoms with Crippen LogP contribution in [0.15, 0.2) is 47.6 Å². The standard InChI is InChI=1S/C20H23N3OS/c1-15-9-10-19(25-15)18-8-5-12-22(18)14-20(24)23-13-11-17(21-23)16-6-3-2-4-7-16/h2-4,6-7,9-10,18H,5,8,11-14H2,1H3. The van der Waals surface area contributed by atoms with Gasteiger partial charge >= 0.3 is 0 Å². The van der Waals surface area contributed by atoms with Gasteiger partial charge in [-0.15, -0.1) is 11.3 Å². The van der Waals surface area contributed by atoms with Gasteiger partial charge in [0.2, 0.25) is 0 Å². The molecular formula is C20H23N3OS. The third kappa shape index (κ3) is 3.53. The molecule has 25 heavy (non-hydrogen) atoms. The molecule has 4 nitrogen and oxygen atoms in total. The second kappa shape index (κ2) is 7.10. The van der Waals surface area contributed by atoms with Gasteiger partial charge < -0.3 is 0 Å². The van der Waals surface area contributed by atoms with E-state index in [2.05, 4.69) is 41.2 Å². The summed E-state index contributed by atoms with van der Waals surface area (Å²) in [5.74, 6) is 0.117. The van der Waals surface area contributed by atoms with Gasteiger partial charge in [-0.3, -0.25) is 9.69 Å². The van der Waals surface area contributed by atoms with Crippen LogP contribution in [-0.2, 0) is 4.79 Å². The van der Waals surface area contributed by atoms with E-state index >= 15 is 0 Å². The lowest BCUT2D eigenvalue weighted by atomic mass is 10.1. The number of likely N-dealkylation sites (tertiary alicyclic amines) is 1. The first-order valence-corrected chi connectivity index (χ1v) is 9.76. The van der Waals surface area contributed by atoms with E-state index in [1.54, 1.807) is 5.01 Å². The number of hydrazone groups is 1. The van der Waals surface area contributed by atoms with Crippen LogP contribution in [0.1, 0.15) is 40.6 Å². The number of benzene rings is 1. The summed E-state index contributed by atoms with van der Waals surface area (Å²) in [5.41, 5.74) is 2.13. The lowest BCUT2D eigenvalue weighted by Crippen LogP contribution is -2.36. The van der Waals surface area contributed by atoms with Crippen LogP contribution < -0.4 is 0 Å². The maximum absolute atomic E-state index is 12.7. The van der Waals surface area contributed by atoms with Crippen LogP contribution in [0.5, 0.6) is 0 Å². The van der Waals surface area contributed by atoms with Gasteiger partial charge in [-0.1, -0.05) is 30.3 Å². The normalized spacial score (nSPS) is 20.9. The number of rotatable bonds is 4. The molecule has 1 fully saturated rings. The fourth-order valence-electron chi connectivity index (χ4n) is 3.70. The first kappa shape index (κ1) is 16.5. The first-order valence-electron chi connectivity index (χ1n) is 8.94. The molecule has 130 valence electrons. The number of nitrogens with zero attached hydrogens (tertiary/aromatic N) is 3. The lowest BCUT2D eigenvalue weighted by molar-refractivity contribution is -0.132. The molecule has 3 heterocycles. The Kier molecular flexibility index (Phi) is 4.68. The van der Waals surface area contributed by atoms with Gasteiger partial charge in [0.1, 0.15) is 0 Å². The van der Waals surface area contributed by atoms with Gasteiger partial charge in [-0.2, -0.15) is 5.10 Å². The van der Waals surface area contributed by atoms with E-state index in [0.717, 1.165) is 37.1 Å². The maximum atomic E-state index is 12.7. The van der Waals surface area contributed by atoms with Gasteiger partial charge in [0.15, 0.2) is 0 Å². The molecule has 1 saturated heterocycles. The predicted octanol–water partition coefficient (Wildman–Crippen LogP) is 3.83. The van der Waals surface area contributed by atoms with E-state index in [1.165, 1.54) is 9.75 Å². The van der Waals surface area contributed by atoms with Gasteiger partial charge in [0.25, 0.3) is 5.91 Å². The van der Waals surface area contributed by atoms with Crippen LogP contribution in [0.25, 0.3) is 0 Å². The van der Waals surface area contributed by atoms with E-state index in [1.807, 2.05) is 29.5 Å². The minimum absolute atomic E-state index is 0.117. The molecule has 0 aliphatic carbocycles. The Labute approximate surface area is 152 Å². The zero-order chi connectivity index (χ0) is 17.2. The zero-order valence-electron chi connectivity index (χ0n) is 14.5. The van der Waals surface area contributed by atoms with Crippen molar-refractivity contribution in [2.45, 2.75) is 32.2 Å². The summed E-state index contributed by atoms with van der Waals surface area (Å²) in [6.07, 6.45) is 3.14. The second-order valence-electron chi connectivity index (χ2n) is 6.76. The summed E-state index contributed by atoms with van der Waals surface area (Å²) >= 11 is 1.85. The average Bonchev–Trinajstić information content (AvgIpc) is 3.35. The number of hydrogen-bond donors (Lipinski definition) is 0. The van der Waals surface area contributed by atoms with Crippen LogP contribution in [0.4, 0.5) is 0 Å². The van der Waals surface area contributed by atoms with Crippen LogP contribution >= 0.6 is 11.3 Å². The third-order valence-corrected chi connectivity index (χ3v) is 6.09. The van der Waals surface area contributed by atoms with Crippen molar-refractivity contribution in [3.8, 4) is 0 Å². The molecule has 1 atom stereocenters. The highest BCUT2D eigenvalue weighted by molar-refractivity contribution is 7.12. The van der Waals surface area contributed by atoms with E-state index in [0.29, 0.717) is 19.1 Å². The van der Waals surface area contributed by atoms with Crippen molar-refractivity contribution in [2.24, 2.45) is 5.10 Å². The van der Waals surface area contributed by atoms with E-state index in [9.17, 15) is 4.79 Å². The lowest BCUT2D eigenvalue weighted by Gasteiger charge is -2.24. The number of carbonyl (C=O) groups excluding carboxylic acids is 1. The van der Waals surface area contributed by atoms with Crippen molar-refractivity contribution in [3.63, 3.8) is 0 Å². The van der Waals surface area contributed by atoms with Crippen LogP contribution in [0.2, 0.25) is 0 Å². The van der Waals surface area contributed by atoms with Gasteiger partial charge in [-0.05, 0) is 44.0 Å². The highest BCUT2D eigenvalue weighted by Gasteiger charge is 2.31. The highest BCUT2D eigenvalue weighted by Crippen LogP contribution is 2.35. The Morgan fingerprint density at radius 3 is 2.80 bits per heavy atom. The summed E-state index contributed by atoms with van der Waals surface area (Å²) in [6.45, 7) is 4.30. The molecule has 0 saturated carbocycles. The molecular weight excluding hydrogens is 330 g/mol. The average molecular weight is 353 g/mol. The molecule has 0 N–H and O–H groups in total. The Balaban J connectivity index is 1.43. The van der Waals surface area contributed by atoms with Crippen molar-refractivity contribution in [1.82, 2.24) is 9.91 Å².